The highest BCUT2D eigenvalue weighted by Crippen LogP contribution is 2.19. The van der Waals surface area contributed by atoms with E-state index in [2.05, 4.69) is 44.5 Å². The summed E-state index contributed by atoms with van der Waals surface area (Å²) < 4.78 is 7.58. The van der Waals surface area contributed by atoms with E-state index in [0.717, 1.165) is 43.2 Å². The van der Waals surface area contributed by atoms with Crippen molar-refractivity contribution in [2.75, 3.05) is 31.6 Å². The Kier molecular flexibility index (Phi) is 6.94. The monoisotopic (exact) mass is 382 g/mol. The van der Waals surface area contributed by atoms with Crippen LogP contribution < -0.4 is 20.3 Å². The Bertz CT molecular complexity index is 800. The van der Waals surface area contributed by atoms with Crippen molar-refractivity contribution in [3.63, 3.8) is 0 Å². The lowest BCUT2D eigenvalue weighted by molar-refractivity contribution is 0.358. The minimum Gasteiger partial charge on any atom is -0.489 e. The van der Waals surface area contributed by atoms with Crippen LogP contribution in [0.5, 0.6) is 5.75 Å². The van der Waals surface area contributed by atoms with E-state index in [1.807, 2.05) is 36.1 Å². The topological polar surface area (TPSA) is 66.7 Å². The Balaban J connectivity index is 1.55. The number of aromatic nitrogens is 2. The number of nitrogens with zero attached hydrogens (tertiary/aromatic N) is 4. The fourth-order valence-corrected chi connectivity index (χ4v) is 3.41. The second-order valence-electron chi connectivity index (χ2n) is 6.93. The molecule has 0 radical (unpaired) electrons. The van der Waals surface area contributed by atoms with Crippen LogP contribution in [0.15, 0.2) is 54.3 Å². The number of piperidine rings is 1. The van der Waals surface area contributed by atoms with Gasteiger partial charge in [-0.2, -0.15) is 5.10 Å². The summed E-state index contributed by atoms with van der Waals surface area (Å²) in [5.41, 5.74) is 2.26. The summed E-state index contributed by atoms with van der Waals surface area (Å²) in [5.74, 6) is 1.67. The van der Waals surface area contributed by atoms with Crippen LogP contribution in [0.1, 0.15) is 18.4 Å². The van der Waals surface area contributed by atoms with Crippen molar-refractivity contribution in [1.29, 1.82) is 0 Å². The van der Waals surface area contributed by atoms with Crippen molar-refractivity contribution in [2.24, 2.45) is 12.0 Å². The first-order valence-electron chi connectivity index (χ1n) is 9.72. The lowest BCUT2D eigenvalue weighted by atomic mass is 10.1. The minimum atomic E-state index is 0.340. The van der Waals surface area contributed by atoms with Crippen molar-refractivity contribution in [3.8, 4) is 5.75 Å². The number of aliphatic imine (C=N–C) groups is 1. The molecule has 7 heteroatoms. The van der Waals surface area contributed by atoms with Gasteiger partial charge in [0, 0.05) is 51.5 Å². The number of para-hydroxylation sites is 1. The van der Waals surface area contributed by atoms with Crippen LogP contribution in [0, 0.1) is 0 Å². The van der Waals surface area contributed by atoms with Crippen LogP contribution in [0.2, 0.25) is 0 Å². The molecular formula is C21H30N6O. The number of guanidine groups is 1. The van der Waals surface area contributed by atoms with Gasteiger partial charge in [-0.1, -0.05) is 30.9 Å². The molecule has 2 heterocycles. The van der Waals surface area contributed by atoms with Crippen LogP contribution in [0.4, 0.5) is 5.69 Å². The van der Waals surface area contributed by atoms with Crippen molar-refractivity contribution in [3.05, 3.63) is 54.9 Å². The largest absolute Gasteiger partial charge is 0.489 e. The molecule has 1 saturated heterocycles. The van der Waals surface area contributed by atoms with Crippen molar-refractivity contribution in [1.82, 2.24) is 20.4 Å². The highest BCUT2D eigenvalue weighted by Gasteiger charge is 2.21. The molecule has 0 saturated carbocycles. The number of hydrogen-bond donors (Lipinski definition) is 2. The molecule has 7 nitrogen and oxygen atoms in total. The highest BCUT2D eigenvalue weighted by molar-refractivity contribution is 5.80. The zero-order valence-corrected chi connectivity index (χ0v) is 16.8. The Morgan fingerprint density at radius 2 is 2.29 bits per heavy atom. The fourth-order valence-electron chi connectivity index (χ4n) is 3.41. The van der Waals surface area contributed by atoms with E-state index in [0.29, 0.717) is 19.2 Å². The first-order chi connectivity index (χ1) is 13.7. The summed E-state index contributed by atoms with van der Waals surface area (Å²) in [6.45, 7) is 6.84. The summed E-state index contributed by atoms with van der Waals surface area (Å²) in [6.07, 6.45) is 8.01. The lowest BCUT2D eigenvalue weighted by Crippen LogP contribution is -2.51. The van der Waals surface area contributed by atoms with Gasteiger partial charge in [0.05, 0.1) is 11.9 Å². The lowest BCUT2D eigenvalue weighted by Gasteiger charge is -2.34. The normalized spacial score (nSPS) is 17.3. The molecule has 2 N–H and O–H groups in total. The van der Waals surface area contributed by atoms with Gasteiger partial charge in [-0.05, 0) is 18.9 Å². The van der Waals surface area contributed by atoms with Gasteiger partial charge in [0.25, 0.3) is 0 Å². The molecule has 1 atom stereocenters. The summed E-state index contributed by atoms with van der Waals surface area (Å²) in [6, 6.07) is 8.37. The Labute approximate surface area is 167 Å². The van der Waals surface area contributed by atoms with Crippen LogP contribution in [-0.2, 0) is 13.6 Å². The van der Waals surface area contributed by atoms with E-state index < -0.39 is 0 Å². The van der Waals surface area contributed by atoms with E-state index in [4.69, 9.17) is 4.74 Å². The molecule has 1 aromatic heterocycles. The third kappa shape index (κ3) is 5.28. The SMILES string of the molecule is C=CCOc1ccccc1CNC(=NC)NC1CCCN(c2cnn(C)c2)C1. The average molecular weight is 383 g/mol. The molecule has 0 bridgehead atoms. The quantitative estimate of drug-likeness (QED) is 0.437. The Morgan fingerprint density at radius 3 is 3.04 bits per heavy atom. The number of rotatable bonds is 7. The second kappa shape index (κ2) is 9.82. The number of ether oxygens (including phenoxy) is 1. The zero-order chi connectivity index (χ0) is 19.8. The summed E-state index contributed by atoms with van der Waals surface area (Å²) in [7, 11) is 3.75. The van der Waals surface area contributed by atoms with Gasteiger partial charge in [-0.25, -0.2) is 0 Å². The maximum absolute atomic E-state index is 5.73. The smallest absolute Gasteiger partial charge is 0.191 e. The third-order valence-electron chi connectivity index (χ3n) is 4.82. The summed E-state index contributed by atoms with van der Waals surface area (Å²) in [5, 5.41) is 11.3. The molecule has 0 amide bonds. The third-order valence-corrected chi connectivity index (χ3v) is 4.82. The first kappa shape index (κ1) is 19.8. The van der Waals surface area contributed by atoms with E-state index in [1.54, 1.807) is 13.1 Å². The van der Waals surface area contributed by atoms with Crippen LogP contribution in [-0.4, -0.2) is 48.5 Å². The molecule has 1 aliphatic rings. The van der Waals surface area contributed by atoms with Crippen LogP contribution >= 0.6 is 0 Å². The number of benzene rings is 1. The van der Waals surface area contributed by atoms with Crippen molar-refractivity contribution >= 4 is 11.6 Å². The molecule has 3 rings (SSSR count). The van der Waals surface area contributed by atoms with E-state index >= 15 is 0 Å². The Morgan fingerprint density at radius 1 is 1.43 bits per heavy atom. The molecule has 0 aliphatic carbocycles. The van der Waals surface area contributed by atoms with Crippen LogP contribution in [0.25, 0.3) is 0 Å². The molecule has 28 heavy (non-hydrogen) atoms. The molecular weight excluding hydrogens is 352 g/mol. The van der Waals surface area contributed by atoms with Gasteiger partial charge in [0.1, 0.15) is 12.4 Å². The maximum atomic E-state index is 5.73. The maximum Gasteiger partial charge on any atom is 0.191 e. The van der Waals surface area contributed by atoms with Gasteiger partial charge >= 0.3 is 0 Å². The summed E-state index contributed by atoms with van der Waals surface area (Å²) in [4.78, 5) is 6.77. The van der Waals surface area contributed by atoms with Crippen LogP contribution in [0.3, 0.4) is 0 Å². The van der Waals surface area contributed by atoms with Gasteiger partial charge in [-0.15, -0.1) is 0 Å². The first-order valence-corrected chi connectivity index (χ1v) is 9.72. The molecule has 1 unspecified atom stereocenters. The van der Waals surface area contributed by atoms with Gasteiger partial charge < -0.3 is 20.3 Å². The second-order valence-corrected chi connectivity index (χ2v) is 6.93. The molecule has 1 aromatic carbocycles. The standard InChI is InChI=1S/C21H30N6O/c1-4-12-28-20-10-6-5-8-17(20)13-23-21(22-2)25-18-9-7-11-27(15-18)19-14-24-26(3)16-19/h4-6,8,10,14,16,18H,1,7,9,11-13,15H2,2-3H3,(H2,22,23,25). The van der Waals surface area contributed by atoms with Gasteiger partial charge in [-0.3, -0.25) is 9.67 Å². The fraction of sp³-hybridized carbons (Fsp3) is 0.429. The van der Waals surface area contributed by atoms with Crippen molar-refractivity contribution < 1.29 is 4.74 Å². The average Bonchev–Trinajstić information content (AvgIpc) is 3.16. The molecule has 1 fully saturated rings. The zero-order valence-electron chi connectivity index (χ0n) is 16.8. The number of anilines is 1. The Hall–Kier alpha value is -2.96. The molecule has 150 valence electrons. The predicted molar refractivity (Wildman–Crippen MR) is 114 cm³/mol. The van der Waals surface area contributed by atoms with E-state index in [9.17, 15) is 0 Å². The van der Waals surface area contributed by atoms with Gasteiger partial charge in [0.15, 0.2) is 5.96 Å². The number of aryl methyl sites for hydroxylation is 1. The van der Waals surface area contributed by atoms with Crippen molar-refractivity contribution in [2.45, 2.75) is 25.4 Å². The number of nitrogens with one attached hydrogen (secondary N) is 2. The summed E-state index contributed by atoms with van der Waals surface area (Å²) >= 11 is 0. The van der Waals surface area contributed by atoms with E-state index in [-0.39, 0.29) is 0 Å². The molecule has 0 spiro atoms. The predicted octanol–water partition coefficient (Wildman–Crippen LogP) is 2.32. The molecule has 1 aliphatic heterocycles. The van der Waals surface area contributed by atoms with Gasteiger partial charge in [0.2, 0.25) is 0 Å². The number of hydrogen-bond acceptors (Lipinski definition) is 4. The van der Waals surface area contributed by atoms with E-state index in [1.165, 1.54) is 5.69 Å². The molecule has 2 aromatic rings. The highest BCUT2D eigenvalue weighted by atomic mass is 16.5. The minimum absolute atomic E-state index is 0.340.